The van der Waals surface area contributed by atoms with Crippen LogP contribution in [0.4, 0.5) is 0 Å². The number of carbonyl (C=O) groups is 1. The highest BCUT2D eigenvalue weighted by Crippen LogP contribution is 2.25. The molecule has 0 unspecified atom stereocenters. The minimum absolute atomic E-state index is 0.293. The summed E-state index contributed by atoms with van der Waals surface area (Å²) in [6, 6.07) is 3.73. The molecule has 0 fully saturated rings. The minimum atomic E-state index is -0.492. The minimum Gasteiger partial charge on any atom is -0.456 e. The normalized spacial score (nSPS) is 11.8. The van der Waals surface area contributed by atoms with Gasteiger partial charge in [-0.25, -0.2) is 9.78 Å². The van der Waals surface area contributed by atoms with Gasteiger partial charge in [0.05, 0.1) is 5.56 Å². The fraction of sp³-hybridized carbons (Fsp3) is 0.429. The van der Waals surface area contributed by atoms with Gasteiger partial charge in [-0.15, -0.1) is 0 Å². The maximum absolute atomic E-state index is 12.2. The molecule has 2 rings (SSSR count). The summed E-state index contributed by atoms with van der Waals surface area (Å²) in [5.41, 5.74) is 1.79. The smallest absolute Gasteiger partial charge is 0.341 e. The molecule has 2 aromatic rings. The van der Waals surface area contributed by atoms with Gasteiger partial charge in [0.1, 0.15) is 11.2 Å². The average Bonchev–Trinajstić information content (AvgIpc) is 2.50. The molecule has 0 aliphatic heterocycles. The first-order valence-corrected chi connectivity index (χ1v) is 5.94. The lowest BCUT2D eigenvalue weighted by atomic mass is 10.1. The molecule has 0 saturated carbocycles. The highest BCUT2D eigenvalue weighted by Gasteiger charge is 2.24. The molecule has 0 aromatic carbocycles. The van der Waals surface area contributed by atoms with Gasteiger partial charge in [0, 0.05) is 24.3 Å². The third kappa shape index (κ3) is 2.10. The summed E-state index contributed by atoms with van der Waals surface area (Å²) in [5, 5.41) is 0.840. The number of fused-ring (bicyclic) bond motifs is 1. The molecule has 2 heterocycles. The van der Waals surface area contributed by atoms with Crippen molar-refractivity contribution in [2.24, 2.45) is 7.05 Å². The van der Waals surface area contributed by atoms with Crippen LogP contribution in [0.5, 0.6) is 0 Å². The molecule has 0 N–H and O–H groups in total. The van der Waals surface area contributed by atoms with Crippen molar-refractivity contribution in [2.45, 2.75) is 33.3 Å². The monoisotopic (exact) mass is 246 g/mol. The first-order valence-electron chi connectivity index (χ1n) is 5.94. The fourth-order valence-corrected chi connectivity index (χ4v) is 1.97. The number of carbonyl (C=O) groups excluding carboxylic acids is 1. The van der Waals surface area contributed by atoms with Crippen LogP contribution in [0.15, 0.2) is 18.3 Å². The quantitative estimate of drug-likeness (QED) is 0.727. The van der Waals surface area contributed by atoms with E-state index in [-0.39, 0.29) is 5.97 Å². The maximum Gasteiger partial charge on any atom is 0.341 e. The van der Waals surface area contributed by atoms with Crippen molar-refractivity contribution in [3.8, 4) is 0 Å². The largest absolute Gasteiger partial charge is 0.456 e. The highest BCUT2D eigenvalue weighted by atomic mass is 16.6. The van der Waals surface area contributed by atoms with E-state index in [1.165, 1.54) is 0 Å². The molecule has 0 bridgehead atoms. The number of hydrogen-bond donors (Lipinski definition) is 0. The molecule has 0 amide bonds. The van der Waals surface area contributed by atoms with Crippen LogP contribution in [0.1, 0.15) is 36.8 Å². The molecule has 2 aromatic heterocycles. The Morgan fingerprint density at radius 1 is 1.39 bits per heavy atom. The fourth-order valence-electron chi connectivity index (χ4n) is 1.97. The van der Waals surface area contributed by atoms with Gasteiger partial charge in [-0.3, -0.25) is 0 Å². The number of pyridine rings is 1. The van der Waals surface area contributed by atoms with Gasteiger partial charge < -0.3 is 9.30 Å². The predicted molar refractivity (Wildman–Crippen MR) is 70.6 cm³/mol. The summed E-state index contributed by atoms with van der Waals surface area (Å²) in [4.78, 5) is 16.5. The number of ether oxygens (including phenoxy) is 1. The molecule has 0 spiro atoms. The summed E-state index contributed by atoms with van der Waals surface area (Å²) in [6.07, 6.45) is 1.72. The first kappa shape index (κ1) is 12.6. The van der Waals surface area contributed by atoms with Crippen molar-refractivity contribution in [1.29, 1.82) is 0 Å². The summed E-state index contributed by atoms with van der Waals surface area (Å²) >= 11 is 0. The van der Waals surface area contributed by atoms with Gasteiger partial charge in [0.15, 0.2) is 0 Å². The van der Waals surface area contributed by atoms with Crippen LogP contribution < -0.4 is 0 Å². The highest BCUT2D eigenvalue weighted by molar-refractivity contribution is 6.05. The van der Waals surface area contributed by atoms with Crippen LogP contribution in [-0.4, -0.2) is 21.1 Å². The Balaban J connectivity index is 2.58. The Labute approximate surface area is 107 Å². The Hall–Kier alpha value is -1.84. The van der Waals surface area contributed by atoms with Gasteiger partial charge in [-0.05, 0) is 39.8 Å². The van der Waals surface area contributed by atoms with Crippen LogP contribution in [0.2, 0.25) is 0 Å². The van der Waals surface area contributed by atoms with E-state index >= 15 is 0 Å². The number of esters is 1. The number of rotatable bonds is 1. The lowest BCUT2D eigenvalue weighted by Gasteiger charge is -2.19. The van der Waals surface area contributed by atoms with E-state index in [0.29, 0.717) is 5.56 Å². The van der Waals surface area contributed by atoms with Crippen molar-refractivity contribution in [3.05, 3.63) is 29.6 Å². The van der Waals surface area contributed by atoms with Crippen molar-refractivity contribution in [3.63, 3.8) is 0 Å². The summed E-state index contributed by atoms with van der Waals surface area (Å²) in [6.45, 7) is 7.50. The molecular weight excluding hydrogens is 228 g/mol. The summed E-state index contributed by atoms with van der Waals surface area (Å²) < 4.78 is 7.36. The molecule has 0 saturated heterocycles. The third-order valence-corrected chi connectivity index (χ3v) is 2.84. The lowest BCUT2D eigenvalue weighted by molar-refractivity contribution is 0.00708. The second-order valence-corrected chi connectivity index (χ2v) is 5.40. The topological polar surface area (TPSA) is 44.1 Å². The second-order valence-electron chi connectivity index (χ2n) is 5.40. The molecule has 0 aliphatic rings. The lowest BCUT2D eigenvalue weighted by Crippen LogP contribution is -2.24. The van der Waals surface area contributed by atoms with E-state index in [0.717, 1.165) is 16.7 Å². The Morgan fingerprint density at radius 2 is 2.06 bits per heavy atom. The number of hydrogen-bond acceptors (Lipinski definition) is 3. The third-order valence-electron chi connectivity index (χ3n) is 2.84. The van der Waals surface area contributed by atoms with E-state index in [9.17, 15) is 4.79 Å². The van der Waals surface area contributed by atoms with Crippen LogP contribution in [-0.2, 0) is 11.8 Å². The zero-order chi connectivity index (χ0) is 13.5. The molecule has 0 aliphatic carbocycles. The zero-order valence-electron chi connectivity index (χ0n) is 11.4. The van der Waals surface area contributed by atoms with Gasteiger partial charge in [0.25, 0.3) is 0 Å². The van der Waals surface area contributed by atoms with E-state index in [2.05, 4.69) is 4.98 Å². The Morgan fingerprint density at radius 3 is 2.67 bits per heavy atom. The van der Waals surface area contributed by atoms with Crippen molar-refractivity contribution >= 4 is 17.0 Å². The Bertz CT molecular complexity index is 606. The van der Waals surface area contributed by atoms with E-state index < -0.39 is 5.60 Å². The van der Waals surface area contributed by atoms with E-state index in [4.69, 9.17) is 4.74 Å². The molecular formula is C14H18N2O2. The van der Waals surface area contributed by atoms with E-state index in [1.807, 2.05) is 51.4 Å². The SMILES string of the molecule is Cc1c(C(=O)OC(C)(C)C)c2cccnc2n1C. The van der Waals surface area contributed by atoms with Crippen molar-refractivity contribution < 1.29 is 9.53 Å². The molecule has 96 valence electrons. The van der Waals surface area contributed by atoms with Crippen molar-refractivity contribution in [1.82, 2.24) is 9.55 Å². The van der Waals surface area contributed by atoms with Crippen LogP contribution in [0.25, 0.3) is 11.0 Å². The Kier molecular flexibility index (Phi) is 2.89. The van der Waals surface area contributed by atoms with Gasteiger partial charge in [-0.1, -0.05) is 0 Å². The van der Waals surface area contributed by atoms with Gasteiger partial charge in [0.2, 0.25) is 0 Å². The van der Waals surface area contributed by atoms with E-state index in [1.54, 1.807) is 6.20 Å². The number of nitrogens with zero attached hydrogens (tertiary/aromatic N) is 2. The standard InChI is InChI=1S/C14H18N2O2/c1-9-11(13(17)18-14(2,3)4)10-7-6-8-15-12(10)16(9)5/h6-8H,1-5H3. The molecule has 0 atom stereocenters. The van der Waals surface area contributed by atoms with Crippen LogP contribution in [0, 0.1) is 6.92 Å². The summed E-state index contributed by atoms with van der Waals surface area (Å²) in [7, 11) is 1.90. The maximum atomic E-state index is 12.2. The van der Waals surface area contributed by atoms with Crippen molar-refractivity contribution in [2.75, 3.05) is 0 Å². The number of aryl methyl sites for hydroxylation is 1. The predicted octanol–water partition coefficient (Wildman–Crippen LogP) is 2.84. The zero-order valence-corrected chi connectivity index (χ0v) is 11.4. The molecule has 0 radical (unpaired) electrons. The first-order chi connectivity index (χ1) is 8.31. The van der Waals surface area contributed by atoms with Crippen LogP contribution in [0.3, 0.4) is 0 Å². The van der Waals surface area contributed by atoms with Gasteiger partial charge >= 0.3 is 5.97 Å². The van der Waals surface area contributed by atoms with Gasteiger partial charge in [-0.2, -0.15) is 0 Å². The second kappa shape index (κ2) is 4.12. The average molecular weight is 246 g/mol. The molecule has 18 heavy (non-hydrogen) atoms. The molecule has 4 heteroatoms. The molecule has 4 nitrogen and oxygen atoms in total. The van der Waals surface area contributed by atoms with Crippen LogP contribution >= 0.6 is 0 Å². The summed E-state index contributed by atoms with van der Waals surface area (Å²) in [5.74, 6) is -0.293. The number of aromatic nitrogens is 2.